The van der Waals surface area contributed by atoms with Gasteiger partial charge in [0.05, 0.1) is 12.6 Å². The van der Waals surface area contributed by atoms with Crippen LogP contribution in [0, 0.1) is 23.7 Å². The van der Waals surface area contributed by atoms with Crippen LogP contribution in [-0.2, 0) is 27.4 Å². The normalized spacial score (nSPS) is 22.2. The van der Waals surface area contributed by atoms with E-state index < -0.39 is 10.8 Å². The lowest BCUT2D eigenvalue weighted by atomic mass is 9.66. The van der Waals surface area contributed by atoms with Crippen molar-refractivity contribution in [2.24, 2.45) is 16.7 Å². The lowest BCUT2D eigenvalue weighted by Crippen LogP contribution is -2.47. The van der Waals surface area contributed by atoms with Crippen LogP contribution in [0.25, 0.3) is 0 Å². The second kappa shape index (κ2) is 10.6. The number of aldehydes is 1. The van der Waals surface area contributed by atoms with Crippen LogP contribution in [0.3, 0.4) is 0 Å². The molecule has 0 bridgehead atoms. The Morgan fingerprint density at radius 2 is 1.91 bits per heavy atom. The zero-order chi connectivity index (χ0) is 24.9. The molecule has 0 radical (unpaired) electrons. The third-order valence-electron chi connectivity index (χ3n) is 7.76. The highest BCUT2D eigenvalue weighted by Gasteiger charge is 2.54. The first-order valence-electron chi connectivity index (χ1n) is 11.9. The highest BCUT2D eigenvalue weighted by molar-refractivity contribution is 5.81. The smallest absolute Gasteiger partial charge is 0.223 e. The first-order chi connectivity index (χ1) is 16.1. The molecule has 0 heterocycles. The predicted octanol–water partition coefficient (Wildman–Crippen LogP) is 4.59. The van der Waals surface area contributed by atoms with Gasteiger partial charge in [-0.2, -0.15) is 0 Å². The van der Waals surface area contributed by atoms with Gasteiger partial charge in [0, 0.05) is 24.0 Å². The van der Waals surface area contributed by atoms with Gasteiger partial charge in [0.15, 0.2) is 0 Å². The van der Waals surface area contributed by atoms with Crippen molar-refractivity contribution in [3.05, 3.63) is 59.2 Å². The van der Waals surface area contributed by atoms with Gasteiger partial charge in [0.25, 0.3) is 0 Å². The molecule has 0 aliphatic heterocycles. The van der Waals surface area contributed by atoms with Crippen LogP contribution in [0.15, 0.2) is 42.5 Å². The highest BCUT2D eigenvalue weighted by atomic mass is 16.5. The first-order valence-corrected chi connectivity index (χ1v) is 11.9. The van der Waals surface area contributed by atoms with E-state index in [-0.39, 0.29) is 30.2 Å². The summed E-state index contributed by atoms with van der Waals surface area (Å²) >= 11 is 0. The molecule has 1 aliphatic rings. The number of rotatable bonds is 10. The van der Waals surface area contributed by atoms with Gasteiger partial charge < -0.3 is 24.7 Å². The second-order valence-electron chi connectivity index (χ2n) is 10.2. The maximum atomic E-state index is 13.1. The molecule has 2 N–H and O–H groups in total. The maximum Gasteiger partial charge on any atom is 0.223 e. The molecule has 34 heavy (non-hydrogen) atoms. The molecular weight excluding hydrogens is 430 g/mol. The van der Waals surface area contributed by atoms with Crippen molar-refractivity contribution in [2.45, 2.75) is 59.6 Å². The van der Waals surface area contributed by atoms with Crippen molar-refractivity contribution in [1.82, 2.24) is 5.32 Å². The Morgan fingerprint density at radius 3 is 2.50 bits per heavy atom. The van der Waals surface area contributed by atoms with E-state index in [1.807, 2.05) is 64.1 Å². The number of nitrogens with one attached hydrogen (secondary N) is 1. The summed E-state index contributed by atoms with van der Waals surface area (Å²) in [5.74, 6) is 0.708. The molecule has 3 atom stereocenters. The number of phenolic OH excluding ortho intramolecular Hbond substituents is 1. The van der Waals surface area contributed by atoms with E-state index in [2.05, 4.69) is 5.32 Å². The van der Waals surface area contributed by atoms with Gasteiger partial charge in [-0.15, -0.1) is 0 Å². The van der Waals surface area contributed by atoms with Crippen LogP contribution in [-0.4, -0.2) is 37.1 Å². The summed E-state index contributed by atoms with van der Waals surface area (Å²) in [4.78, 5) is 24.8. The zero-order valence-corrected chi connectivity index (χ0v) is 20.9. The highest BCUT2D eigenvalue weighted by Crippen LogP contribution is 2.54. The predicted molar refractivity (Wildman–Crippen MR) is 132 cm³/mol. The third kappa shape index (κ3) is 5.44. The van der Waals surface area contributed by atoms with E-state index in [0.29, 0.717) is 25.2 Å². The fourth-order valence-corrected chi connectivity index (χ4v) is 4.89. The van der Waals surface area contributed by atoms with E-state index in [9.17, 15) is 14.7 Å². The number of carbonyl (C=O) groups is 2. The van der Waals surface area contributed by atoms with Gasteiger partial charge in [-0.1, -0.05) is 45.0 Å². The lowest BCUT2D eigenvalue weighted by Gasteiger charge is -2.37. The van der Waals surface area contributed by atoms with Gasteiger partial charge in [-0.3, -0.25) is 4.79 Å². The summed E-state index contributed by atoms with van der Waals surface area (Å²) in [5, 5.41) is 13.2. The molecule has 1 aliphatic carbocycles. The van der Waals surface area contributed by atoms with Crippen LogP contribution in [0.5, 0.6) is 11.5 Å². The molecule has 6 heteroatoms. The van der Waals surface area contributed by atoms with E-state index in [0.717, 1.165) is 29.4 Å². The minimum absolute atomic E-state index is 0.0179. The Hall–Kier alpha value is -2.86. The fraction of sp³-hybridized carbons (Fsp3) is 0.500. The van der Waals surface area contributed by atoms with Gasteiger partial charge in [0.2, 0.25) is 5.91 Å². The number of amides is 1. The number of ether oxygens (including phenoxy) is 2. The van der Waals surface area contributed by atoms with Gasteiger partial charge in [-0.05, 0) is 60.9 Å². The molecule has 2 aromatic carbocycles. The van der Waals surface area contributed by atoms with Crippen molar-refractivity contribution >= 4 is 12.2 Å². The van der Waals surface area contributed by atoms with Crippen molar-refractivity contribution in [1.29, 1.82) is 0 Å². The number of carbonyl (C=O) groups excluding carboxylic acids is 2. The molecule has 6 nitrogen and oxygen atoms in total. The summed E-state index contributed by atoms with van der Waals surface area (Å²) in [6.07, 6.45) is 3.06. The Balaban J connectivity index is 1.61. The van der Waals surface area contributed by atoms with E-state index in [1.165, 1.54) is 0 Å². The lowest BCUT2D eigenvalue weighted by molar-refractivity contribution is -0.132. The molecule has 3 rings (SSSR count). The Bertz CT molecular complexity index is 980. The van der Waals surface area contributed by atoms with Gasteiger partial charge in [-0.25, -0.2) is 0 Å². The second-order valence-corrected chi connectivity index (χ2v) is 10.2. The van der Waals surface area contributed by atoms with E-state index >= 15 is 0 Å². The number of aryl methyl sites for hydroxylation is 1. The molecule has 184 valence electrons. The van der Waals surface area contributed by atoms with Gasteiger partial charge >= 0.3 is 0 Å². The topological polar surface area (TPSA) is 84.9 Å². The number of hydrogen-bond acceptors (Lipinski definition) is 5. The molecule has 0 spiro atoms. The Morgan fingerprint density at radius 1 is 1.21 bits per heavy atom. The van der Waals surface area contributed by atoms with Crippen LogP contribution in [0.4, 0.5) is 0 Å². The first kappa shape index (κ1) is 25.8. The van der Waals surface area contributed by atoms with Crippen molar-refractivity contribution < 1.29 is 24.2 Å². The summed E-state index contributed by atoms with van der Waals surface area (Å²) < 4.78 is 11.2. The number of methoxy groups -OCH3 is 1. The number of aromatic hydroxyl groups is 1. The molecular formula is C28H37NO5. The summed E-state index contributed by atoms with van der Waals surface area (Å²) in [6, 6.07) is 13.0. The third-order valence-corrected chi connectivity index (χ3v) is 7.76. The van der Waals surface area contributed by atoms with Crippen LogP contribution < -0.4 is 10.1 Å². The van der Waals surface area contributed by atoms with Gasteiger partial charge in [0.1, 0.15) is 24.4 Å². The van der Waals surface area contributed by atoms with Crippen LogP contribution >= 0.6 is 0 Å². The molecule has 1 amide bonds. The molecule has 0 aromatic heterocycles. The van der Waals surface area contributed by atoms with Crippen molar-refractivity contribution in [3.8, 4) is 11.5 Å². The van der Waals surface area contributed by atoms with Crippen LogP contribution in [0.2, 0.25) is 0 Å². The number of hydrogen-bond donors (Lipinski definition) is 2. The largest absolute Gasteiger partial charge is 0.508 e. The minimum atomic E-state index is -0.489. The average Bonchev–Trinajstić information content (AvgIpc) is 3.04. The standard InChI is InChI=1S/C28H37NO5/c1-19-7-6-8-25(31)23(19)17-34-22-11-9-20(10-12-22)15-21(16-33-5)29-26(32)24-13-14-28(4,18-30)27(24,2)3/h6-12,18,21,24,31H,13-17H2,1-5H3,(H,29,32)/t21-,24+,28-/m0/s1. The minimum Gasteiger partial charge on any atom is -0.508 e. The summed E-state index contributed by atoms with van der Waals surface area (Å²) in [6.45, 7) is 8.60. The van der Waals surface area contributed by atoms with Crippen molar-refractivity contribution in [2.75, 3.05) is 13.7 Å². The molecule has 1 fully saturated rings. The SMILES string of the molecule is COC[C@H](Cc1ccc(OCc2c(C)cccc2O)cc1)NC(=O)[C@H]1CC[C@@](C)(C=O)C1(C)C. The number of phenols is 1. The van der Waals surface area contributed by atoms with Crippen molar-refractivity contribution in [3.63, 3.8) is 0 Å². The maximum absolute atomic E-state index is 13.1. The quantitative estimate of drug-likeness (QED) is 0.499. The number of benzene rings is 2. The summed E-state index contributed by atoms with van der Waals surface area (Å²) in [7, 11) is 1.63. The molecule has 2 aromatic rings. The van der Waals surface area contributed by atoms with E-state index in [1.54, 1.807) is 13.2 Å². The summed E-state index contributed by atoms with van der Waals surface area (Å²) in [5.41, 5.74) is 1.91. The molecule has 0 unspecified atom stereocenters. The van der Waals surface area contributed by atoms with E-state index in [4.69, 9.17) is 9.47 Å². The Labute approximate surface area is 202 Å². The zero-order valence-electron chi connectivity index (χ0n) is 20.9. The van der Waals surface area contributed by atoms with Crippen LogP contribution in [0.1, 0.15) is 50.3 Å². The molecule has 1 saturated carbocycles. The molecule has 0 saturated heterocycles. The Kier molecular flexibility index (Phi) is 8.03. The average molecular weight is 468 g/mol. The monoisotopic (exact) mass is 467 g/mol. The fourth-order valence-electron chi connectivity index (χ4n) is 4.89.